The molecule has 0 amide bonds. The van der Waals surface area contributed by atoms with Gasteiger partial charge in [-0.2, -0.15) is 0 Å². The van der Waals surface area contributed by atoms with E-state index < -0.39 is 10.8 Å². The van der Waals surface area contributed by atoms with Crippen molar-refractivity contribution in [3.05, 3.63) is 18.2 Å². The molecule has 1 heterocycles. The van der Waals surface area contributed by atoms with Crippen LogP contribution >= 0.6 is 11.3 Å². The molecule has 4 nitrogen and oxygen atoms in total. The lowest BCUT2D eigenvalue weighted by Crippen LogP contribution is -2.09. The lowest BCUT2D eigenvalue weighted by atomic mass is 10.3. The Morgan fingerprint density at radius 3 is 3.06 bits per heavy atom. The summed E-state index contributed by atoms with van der Waals surface area (Å²) in [4.78, 5) is 4.46. The van der Waals surface area contributed by atoms with Gasteiger partial charge < -0.3 is 10.1 Å². The number of aromatic nitrogens is 1. The van der Waals surface area contributed by atoms with E-state index in [2.05, 4.69) is 10.3 Å². The minimum absolute atomic E-state index is 0.639. The number of rotatable bonds is 6. The van der Waals surface area contributed by atoms with Crippen LogP contribution in [0, 0.1) is 0 Å². The number of thiazole rings is 1. The number of hydrogen-bond donors (Lipinski definition) is 1. The Morgan fingerprint density at radius 2 is 2.33 bits per heavy atom. The Hall–Kier alpha value is -1.14. The lowest BCUT2D eigenvalue weighted by molar-refractivity contribution is 0.341. The number of fused-ring (bicyclic) bond motifs is 1. The zero-order chi connectivity index (χ0) is 13.0. The summed E-state index contributed by atoms with van der Waals surface area (Å²) < 4.78 is 17.5. The number of ether oxygens (including phenoxy) is 1. The first-order valence-electron chi connectivity index (χ1n) is 5.76. The second kappa shape index (κ2) is 6.15. The van der Waals surface area contributed by atoms with Gasteiger partial charge in [-0.05, 0) is 25.1 Å². The predicted molar refractivity (Wildman–Crippen MR) is 78.2 cm³/mol. The molecule has 0 fully saturated rings. The maximum absolute atomic E-state index is 11.0. The molecule has 98 valence electrons. The van der Waals surface area contributed by atoms with Crippen LogP contribution in [-0.4, -0.2) is 34.4 Å². The van der Waals surface area contributed by atoms with E-state index in [0.29, 0.717) is 18.9 Å². The van der Waals surface area contributed by atoms with Crippen molar-refractivity contribution >= 4 is 37.5 Å². The number of nitrogens with zero attached hydrogens (tertiary/aromatic N) is 1. The van der Waals surface area contributed by atoms with E-state index in [1.54, 1.807) is 17.6 Å². The van der Waals surface area contributed by atoms with Crippen molar-refractivity contribution in [3.8, 4) is 5.75 Å². The van der Waals surface area contributed by atoms with Crippen molar-refractivity contribution in [2.24, 2.45) is 0 Å². The van der Waals surface area contributed by atoms with Gasteiger partial charge in [-0.25, -0.2) is 4.98 Å². The standard InChI is InChI=1S/C12H16N2O2S2/c1-3-16-9-4-5-10-11(8-9)17-12(14-10)13-6-7-18(2)15/h4-5,8H,3,6-7H2,1-2H3,(H,13,14). The molecule has 1 N–H and O–H groups in total. The molecule has 0 radical (unpaired) electrons. The molecule has 0 aliphatic heterocycles. The van der Waals surface area contributed by atoms with Gasteiger partial charge in [0.1, 0.15) is 5.75 Å². The minimum Gasteiger partial charge on any atom is -0.494 e. The normalized spacial score (nSPS) is 12.6. The fourth-order valence-corrected chi connectivity index (χ4v) is 2.85. The largest absolute Gasteiger partial charge is 0.494 e. The highest BCUT2D eigenvalue weighted by Crippen LogP contribution is 2.29. The Morgan fingerprint density at radius 1 is 1.50 bits per heavy atom. The fourth-order valence-electron chi connectivity index (χ4n) is 1.54. The highest BCUT2D eigenvalue weighted by atomic mass is 32.2. The Labute approximate surface area is 113 Å². The van der Waals surface area contributed by atoms with Crippen molar-refractivity contribution < 1.29 is 8.95 Å². The summed E-state index contributed by atoms with van der Waals surface area (Å²) in [6, 6.07) is 5.88. The third kappa shape index (κ3) is 3.43. The number of nitrogens with one attached hydrogen (secondary N) is 1. The molecule has 2 aromatic rings. The molecule has 0 aliphatic carbocycles. The molecule has 0 bridgehead atoms. The summed E-state index contributed by atoms with van der Waals surface area (Å²) in [5.74, 6) is 1.51. The van der Waals surface area contributed by atoms with E-state index in [9.17, 15) is 4.21 Å². The predicted octanol–water partition coefficient (Wildman–Crippen LogP) is 2.49. The topological polar surface area (TPSA) is 51.2 Å². The minimum atomic E-state index is -0.769. The van der Waals surface area contributed by atoms with Gasteiger partial charge in [0, 0.05) is 29.4 Å². The van der Waals surface area contributed by atoms with Crippen LogP contribution in [0.15, 0.2) is 18.2 Å². The first kappa shape index (κ1) is 13.3. The van der Waals surface area contributed by atoms with Gasteiger partial charge in [-0.15, -0.1) is 0 Å². The Kier molecular flexibility index (Phi) is 4.54. The quantitative estimate of drug-likeness (QED) is 0.885. The van der Waals surface area contributed by atoms with E-state index in [1.165, 1.54) is 0 Å². The number of anilines is 1. The zero-order valence-corrected chi connectivity index (χ0v) is 12.1. The van der Waals surface area contributed by atoms with E-state index >= 15 is 0 Å². The molecule has 1 aromatic heterocycles. The molecule has 0 saturated heterocycles. The first-order valence-corrected chi connectivity index (χ1v) is 8.30. The summed E-state index contributed by atoms with van der Waals surface area (Å²) in [6.45, 7) is 3.31. The van der Waals surface area contributed by atoms with Gasteiger partial charge >= 0.3 is 0 Å². The highest BCUT2D eigenvalue weighted by molar-refractivity contribution is 7.84. The van der Waals surface area contributed by atoms with Crippen LogP contribution in [0.3, 0.4) is 0 Å². The Balaban J connectivity index is 2.09. The van der Waals surface area contributed by atoms with Crippen LogP contribution in [0.5, 0.6) is 5.75 Å². The summed E-state index contributed by atoms with van der Waals surface area (Å²) in [6.07, 6.45) is 1.70. The molecular formula is C12H16N2O2S2. The highest BCUT2D eigenvalue weighted by Gasteiger charge is 2.04. The molecule has 1 unspecified atom stereocenters. The second-order valence-corrected chi connectivity index (χ2v) is 6.37. The maximum atomic E-state index is 11.0. The zero-order valence-electron chi connectivity index (χ0n) is 10.4. The molecule has 0 saturated carbocycles. The number of benzene rings is 1. The van der Waals surface area contributed by atoms with Gasteiger partial charge in [-0.3, -0.25) is 4.21 Å². The van der Waals surface area contributed by atoms with E-state index in [4.69, 9.17) is 4.74 Å². The number of hydrogen-bond acceptors (Lipinski definition) is 5. The molecule has 1 atom stereocenters. The summed E-state index contributed by atoms with van der Waals surface area (Å²) in [5, 5.41) is 4.06. The average molecular weight is 284 g/mol. The molecule has 0 spiro atoms. The monoisotopic (exact) mass is 284 g/mol. The Bertz CT molecular complexity index is 554. The second-order valence-electron chi connectivity index (χ2n) is 3.79. The van der Waals surface area contributed by atoms with Gasteiger partial charge in [0.05, 0.1) is 16.8 Å². The van der Waals surface area contributed by atoms with Crippen LogP contribution in [0.1, 0.15) is 6.92 Å². The van der Waals surface area contributed by atoms with Crippen LogP contribution < -0.4 is 10.1 Å². The van der Waals surface area contributed by atoms with Gasteiger partial charge in [0.2, 0.25) is 0 Å². The van der Waals surface area contributed by atoms with Gasteiger partial charge in [-0.1, -0.05) is 11.3 Å². The van der Waals surface area contributed by atoms with Crippen molar-refractivity contribution in [2.45, 2.75) is 6.92 Å². The maximum Gasteiger partial charge on any atom is 0.183 e. The average Bonchev–Trinajstić information content (AvgIpc) is 2.71. The summed E-state index contributed by atoms with van der Waals surface area (Å²) in [7, 11) is -0.769. The van der Waals surface area contributed by atoms with Crippen LogP contribution in [-0.2, 0) is 10.8 Å². The van der Waals surface area contributed by atoms with Crippen LogP contribution in [0.2, 0.25) is 0 Å². The molecular weight excluding hydrogens is 268 g/mol. The third-order valence-electron chi connectivity index (χ3n) is 2.34. The smallest absolute Gasteiger partial charge is 0.183 e. The SMILES string of the molecule is CCOc1ccc2nc(NCCS(C)=O)sc2c1. The lowest BCUT2D eigenvalue weighted by Gasteiger charge is -2.00. The summed E-state index contributed by atoms with van der Waals surface area (Å²) >= 11 is 1.59. The molecule has 0 aliphatic rings. The van der Waals surface area contributed by atoms with E-state index in [0.717, 1.165) is 21.1 Å². The van der Waals surface area contributed by atoms with E-state index in [-0.39, 0.29) is 0 Å². The van der Waals surface area contributed by atoms with Crippen molar-refractivity contribution in [1.82, 2.24) is 4.98 Å². The molecule has 18 heavy (non-hydrogen) atoms. The van der Waals surface area contributed by atoms with E-state index in [1.807, 2.05) is 25.1 Å². The first-order chi connectivity index (χ1) is 8.69. The van der Waals surface area contributed by atoms with Gasteiger partial charge in [0.25, 0.3) is 0 Å². The fraction of sp³-hybridized carbons (Fsp3) is 0.417. The van der Waals surface area contributed by atoms with Crippen molar-refractivity contribution in [3.63, 3.8) is 0 Å². The third-order valence-corrected chi connectivity index (χ3v) is 4.09. The molecule has 6 heteroatoms. The van der Waals surface area contributed by atoms with Crippen LogP contribution in [0.25, 0.3) is 10.2 Å². The van der Waals surface area contributed by atoms with Crippen molar-refractivity contribution in [1.29, 1.82) is 0 Å². The van der Waals surface area contributed by atoms with Gasteiger partial charge in [0.15, 0.2) is 5.13 Å². The van der Waals surface area contributed by atoms with Crippen LogP contribution in [0.4, 0.5) is 5.13 Å². The molecule has 2 rings (SSSR count). The summed E-state index contributed by atoms with van der Waals surface area (Å²) in [5.41, 5.74) is 0.962. The molecule has 1 aromatic carbocycles. The van der Waals surface area contributed by atoms with Crippen molar-refractivity contribution in [2.75, 3.05) is 30.5 Å².